The van der Waals surface area contributed by atoms with Crippen LogP contribution in [-0.4, -0.2) is 79.8 Å². The molecule has 0 radical (unpaired) electrons. The van der Waals surface area contributed by atoms with Crippen LogP contribution in [0.25, 0.3) is 5.57 Å². The number of carbonyl (C=O) groups is 2. The topological polar surface area (TPSA) is 82.6 Å². The van der Waals surface area contributed by atoms with Crippen molar-refractivity contribution in [3.05, 3.63) is 59.8 Å². The molecule has 0 aliphatic carbocycles. The molecule has 2 heterocycles. The highest BCUT2D eigenvalue weighted by Gasteiger charge is 2.43. The van der Waals surface area contributed by atoms with Crippen LogP contribution >= 0.6 is 0 Å². The maximum atomic E-state index is 13.7. The second kappa shape index (κ2) is 10.1. The van der Waals surface area contributed by atoms with Crippen LogP contribution in [0.2, 0.25) is 0 Å². The molecule has 4 rings (SSSR count). The van der Waals surface area contributed by atoms with E-state index >= 15 is 0 Å². The van der Waals surface area contributed by atoms with E-state index < -0.39 is 0 Å². The number of para-hydroxylation sites is 2. The zero-order valence-electron chi connectivity index (χ0n) is 19.0. The van der Waals surface area contributed by atoms with Crippen molar-refractivity contribution in [2.45, 2.75) is 6.92 Å². The third kappa shape index (κ3) is 4.44. The number of hydrogen-bond donors (Lipinski definition) is 1. The number of imide groups is 1. The summed E-state index contributed by atoms with van der Waals surface area (Å²) in [5.41, 5.74) is 1.87. The number of aliphatic hydroxyl groups excluding tert-OH is 1. The summed E-state index contributed by atoms with van der Waals surface area (Å²) in [6, 6.07) is 14.3. The summed E-state index contributed by atoms with van der Waals surface area (Å²) in [7, 11) is 1.52. The van der Waals surface area contributed by atoms with Gasteiger partial charge in [-0.25, -0.2) is 4.90 Å². The van der Waals surface area contributed by atoms with Gasteiger partial charge >= 0.3 is 0 Å². The van der Waals surface area contributed by atoms with Crippen molar-refractivity contribution in [3.63, 3.8) is 0 Å². The lowest BCUT2D eigenvalue weighted by Gasteiger charge is -2.36. The Morgan fingerprint density at radius 3 is 2.27 bits per heavy atom. The Hall–Kier alpha value is -3.36. The van der Waals surface area contributed by atoms with E-state index in [1.807, 2.05) is 36.1 Å². The Kier molecular flexibility index (Phi) is 6.96. The highest BCUT2D eigenvalue weighted by Crippen LogP contribution is 2.39. The normalized spacial score (nSPS) is 17.2. The second-order valence-electron chi connectivity index (χ2n) is 7.85. The molecule has 2 aromatic carbocycles. The molecule has 1 saturated heterocycles. The zero-order valence-corrected chi connectivity index (χ0v) is 19.0. The molecule has 2 aliphatic rings. The number of methoxy groups -OCH3 is 1. The zero-order chi connectivity index (χ0) is 23.4. The molecular weight excluding hydrogens is 422 g/mol. The van der Waals surface area contributed by atoms with Gasteiger partial charge in [-0.1, -0.05) is 24.3 Å². The molecule has 0 bridgehead atoms. The number of β-amino-alcohol motifs (C(OH)–C–C–N with tert-alkyl or cyclic N) is 1. The van der Waals surface area contributed by atoms with Crippen LogP contribution in [0.1, 0.15) is 12.5 Å². The molecule has 2 aliphatic heterocycles. The van der Waals surface area contributed by atoms with Crippen molar-refractivity contribution in [2.75, 3.05) is 57.9 Å². The van der Waals surface area contributed by atoms with E-state index in [2.05, 4.69) is 4.90 Å². The van der Waals surface area contributed by atoms with Gasteiger partial charge in [-0.05, 0) is 36.8 Å². The number of aliphatic hydroxyl groups is 1. The Morgan fingerprint density at radius 2 is 1.64 bits per heavy atom. The van der Waals surface area contributed by atoms with Gasteiger partial charge in [0.05, 0.1) is 31.6 Å². The van der Waals surface area contributed by atoms with Crippen molar-refractivity contribution >= 4 is 23.1 Å². The minimum atomic E-state index is -0.374. The minimum Gasteiger partial charge on any atom is -0.495 e. The number of hydrogen-bond acceptors (Lipinski definition) is 7. The van der Waals surface area contributed by atoms with Gasteiger partial charge in [0.25, 0.3) is 11.8 Å². The van der Waals surface area contributed by atoms with Crippen molar-refractivity contribution in [3.8, 4) is 11.5 Å². The highest BCUT2D eigenvalue weighted by atomic mass is 16.5. The smallest absolute Gasteiger partial charge is 0.282 e. The van der Waals surface area contributed by atoms with Gasteiger partial charge in [0.1, 0.15) is 17.2 Å². The van der Waals surface area contributed by atoms with Crippen LogP contribution in [0.5, 0.6) is 11.5 Å². The first kappa shape index (κ1) is 22.8. The van der Waals surface area contributed by atoms with Crippen LogP contribution in [-0.2, 0) is 9.59 Å². The molecule has 0 aromatic heterocycles. The fourth-order valence-electron chi connectivity index (χ4n) is 4.33. The van der Waals surface area contributed by atoms with Gasteiger partial charge in [-0.3, -0.25) is 14.5 Å². The predicted molar refractivity (Wildman–Crippen MR) is 125 cm³/mol. The lowest BCUT2D eigenvalue weighted by molar-refractivity contribution is -0.120. The Balaban J connectivity index is 1.74. The molecule has 0 saturated carbocycles. The fourth-order valence-corrected chi connectivity index (χ4v) is 4.33. The molecular formula is C25H29N3O5. The third-order valence-corrected chi connectivity index (χ3v) is 5.94. The number of rotatable bonds is 8. The minimum absolute atomic E-state index is 0.0964. The first-order chi connectivity index (χ1) is 16.1. The first-order valence-electron chi connectivity index (χ1n) is 11.2. The molecule has 8 nitrogen and oxygen atoms in total. The average molecular weight is 452 g/mol. The van der Waals surface area contributed by atoms with E-state index in [0.29, 0.717) is 73.4 Å². The van der Waals surface area contributed by atoms with Crippen LogP contribution < -0.4 is 14.4 Å². The number of carbonyl (C=O) groups excluding carboxylic acids is 2. The van der Waals surface area contributed by atoms with Gasteiger partial charge in [0.15, 0.2) is 0 Å². The van der Waals surface area contributed by atoms with E-state index in [-0.39, 0.29) is 18.4 Å². The van der Waals surface area contributed by atoms with Crippen LogP contribution in [0.15, 0.2) is 54.2 Å². The monoisotopic (exact) mass is 451 g/mol. The molecule has 0 spiro atoms. The van der Waals surface area contributed by atoms with E-state index in [1.54, 1.807) is 24.3 Å². The molecule has 2 aromatic rings. The van der Waals surface area contributed by atoms with Gasteiger partial charge in [0.2, 0.25) is 0 Å². The summed E-state index contributed by atoms with van der Waals surface area (Å²) >= 11 is 0. The summed E-state index contributed by atoms with van der Waals surface area (Å²) in [5, 5.41) is 9.24. The van der Waals surface area contributed by atoms with E-state index in [1.165, 1.54) is 12.0 Å². The van der Waals surface area contributed by atoms with Crippen molar-refractivity contribution in [2.24, 2.45) is 0 Å². The molecule has 0 atom stereocenters. The SMILES string of the molecule is CCOc1ccc(C2=C(N3CCN(CCO)CC3)C(=O)N(c3ccccc3OC)C2=O)cc1. The number of benzene rings is 2. The molecule has 33 heavy (non-hydrogen) atoms. The molecule has 1 fully saturated rings. The average Bonchev–Trinajstić information content (AvgIpc) is 3.10. The first-order valence-corrected chi connectivity index (χ1v) is 11.2. The number of nitrogens with zero attached hydrogens (tertiary/aromatic N) is 3. The van der Waals surface area contributed by atoms with Gasteiger partial charge < -0.3 is 19.5 Å². The Morgan fingerprint density at radius 1 is 0.939 bits per heavy atom. The lowest BCUT2D eigenvalue weighted by Crippen LogP contribution is -2.48. The maximum absolute atomic E-state index is 13.7. The Labute approximate surface area is 193 Å². The Bertz CT molecular complexity index is 1040. The second-order valence-corrected chi connectivity index (χ2v) is 7.85. The standard InChI is InChI=1S/C25H29N3O5/c1-3-33-19-10-8-18(9-11-19)22-23(27-14-12-26(13-15-27)16-17-29)25(31)28(24(22)30)20-6-4-5-7-21(20)32-2/h4-11,29H,3,12-17H2,1-2H3. The summed E-state index contributed by atoms with van der Waals surface area (Å²) in [5.74, 6) is 0.434. The summed E-state index contributed by atoms with van der Waals surface area (Å²) in [6.07, 6.45) is 0. The largest absolute Gasteiger partial charge is 0.495 e. The number of ether oxygens (including phenoxy) is 2. The van der Waals surface area contributed by atoms with Crippen LogP contribution in [0, 0.1) is 0 Å². The highest BCUT2D eigenvalue weighted by molar-refractivity contribution is 6.45. The van der Waals surface area contributed by atoms with E-state index in [9.17, 15) is 14.7 Å². The van der Waals surface area contributed by atoms with Crippen LogP contribution in [0.4, 0.5) is 5.69 Å². The molecule has 1 N–H and O–H groups in total. The van der Waals surface area contributed by atoms with Gasteiger partial charge in [0, 0.05) is 32.7 Å². The summed E-state index contributed by atoms with van der Waals surface area (Å²) < 4.78 is 11.0. The number of piperazine rings is 1. The maximum Gasteiger partial charge on any atom is 0.282 e. The van der Waals surface area contributed by atoms with Gasteiger partial charge in [-0.15, -0.1) is 0 Å². The van der Waals surface area contributed by atoms with Crippen LogP contribution in [0.3, 0.4) is 0 Å². The van der Waals surface area contributed by atoms with Crippen molar-refractivity contribution < 1.29 is 24.2 Å². The summed E-state index contributed by atoms with van der Waals surface area (Å²) in [4.78, 5) is 32.8. The number of amides is 2. The summed E-state index contributed by atoms with van der Waals surface area (Å²) in [6.45, 7) is 5.74. The van der Waals surface area contributed by atoms with Crippen molar-refractivity contribution in [1.82, 2.24) is 9.80 Å². The fraction of sp³-hybridized carbons (Fsp3) is 0.360. The van der Waals surface area contributed by atoms with E-state index in [0.717, 1.165) is 0 Å². The van der Waals surface area contributed by atoms with Gasteiger partial charge in [-0.2, -0.15) is 0 Å². The molecule has 0 unspecified atom stereocenters. The molecule has 8 heteroatoms. The number of anilines is 1. The van der Waals surface area contributed by atoms with Crippen molar-refractivity contribution in [1.29, 1.82) is 0 Å². The quantitative estimate of drug-likeness (QED) is 0.615. The predicted octanol–water partition coefficient (Wildman–Crippen LogP) is 1.99. The third-order valence-electron chi connectivity index (χ3n) is 5.94. The lowest BCUT2D eigenvalue weighted by atomic mass is 10.0. The van der Waals surface area contributed by atoms with E-state index in [4.69, 9.17) is 9.47 Å². The molecule has 174 valence electrons. The molecule has 2 amide bonds.